The Morgan fingerprint density at radius 1 is 1.07 bits per heavy atom. The molecular weight excluding hydrogens is 562 g/mol. The van der Waals surface area contributed by atoms with Crippen LogP contribution in [0.5, 0.6) is 5.75 Å². The average molecular weight is 594 g/mol. The summed E-state index contributed by atoms with van der Waals surface area (Å²) in [7, 11) is -3.71. The second-order valence-electron chi connectivity index (χ2n) is 10.7. The molecule has 42 heavy (non-hydrogen) atoms. The van der Waals surface area contributed by atoms with E-state index in [1.54, 1.807) is 38.1 Å². The molecule has 2 N–H and O–H groups in total. The van der Waals surface area contributed by atoms with E-state index in [1.165, 1.54) is 40.1 Å². The van der Waals surface area contributed by atoms with Gasteiger partial charge in [0.05, 0.1) is 23.0 Å². The first-order valence-electron chi connectivity index (χ1n) is 13.4. The maximum absolute atomic E-state index is 14.0. The van der Waals surface area contributed by atoms with Crippen LogP contribution in [0.4, 0.5) is 0 Å². The molecule has 0 radical (unpaired) electrons. The minimum atomic E-state index is -3.71. The summed E-state index contributed by atoms with van der Waals surface area (Å²) in [6, 6.07) is 11.0. The molecule has 0 spiro atoms. The van der Waals surface area contributed by atoms with Crippen molar-refractivity contribution >= 4 is 33.3 Å². The normalized spacial score (nSPS) is 19.1. The molecule has 2 aliphatic heterocycles. The van der Waals surface area contributed by atoms with Crippen molar-refractivity contribution in [2.45, 2.75) is 49.7 Å². The first-order valence-corrected chi connectivity index (χ1v) is 15.3. The summed E-state index contributed by atoms with van der Waals surface area (Å²) in [5.41, 5.74) is 1.42. The van der Waals surface area contributed by atoms with Crippen molar-refractivity contribution in [2.24, 2.45) is 0 Å². The Balaban J connectivity index is 1.40. The van der Waals surface area contributed by atoms with Crippen molar-refractivity contribution in [3.63, 3.8) is 0 Å². The van der Waals surface area contributed by atoms with Gasteiger partial charge in [-0.2, -0.15) is 0 Å². The minimum Gasteiger partial charge on any atom is -0.508 e. The highest BCUT2D eigenvalue weighted by molar-refractivity contribution is 7.90. The van der Waals surface area contributed by atoms with Gasteiger partial charge in [-0.05, 0) is 61.7 Å². The molecular formula is C30H31N3O8S. The Morgan fingerprint density at radius 3 is 2.40 bits per heavy atom. The number of carbonyl (C=O) groups excluding carboxylic acids is 4. The largest absolute Gasteiger partial charge is 0.508 e. The smallest absolute Gasteiger partial charge is 0.287 e. The van der Waals surface area contributed by atoms with Gasteiger partial charge in [0, 0.05) is 19.2 Å². The number of ketones is 1. The number of amides is 3. The van der Waals surface area contributed by atoms with Gasteiger partial charge in [-0.15, -0.1) is 0 Å². The van der Waals surface area contributed by atoms with Crippen LogP contribution in [0.2, 0.25) is 0 Å². The summed E-state index contributed by atoms with van der Waals surface area (Å²) >= 11 is 0. The van der Waals surface area contributed by atoms with E-state index in [9.17, 15) is 32.7 Å². The number of hydrogen-bond acceptors (Lipinski definition) is 8. The van der Waals surface area contributed by atoms with Gasteiger partial charge in [-0.25, -0.2) is 8.42 Å². The second-order valence-corrected chi connectivity index (χ2v) is 12.7. The molecule has 0 aliphatic carbocycles. The molecule has 220 valence electrons. The quantitative estimate of drug-likeness (QED) is 0.422. The number of hydrogen-bond donors (Lipinski definition) is 2. The molecule has 3 atom stereocenters. The molecule has 2 aromatic carbocycles. The van der Waals surface area contributed by atoms with Crippen molar-refractivity contribution < 1.29 is 37.1 Å². The summed E-state index contributed by atoms with van der Waals surface area (Å²) in [5.74, 6) is -1.36. The van der Waals surface area contributed by atoms with Crippen LogP contribution < -0.4 is 5.32 Å². The lowest BCUT2D eigenvalue weighted by Gasteiger charge is -2.28. The lowest BCUT2D eigenvalue weighted by molar-refractivity contribution is -0.138. The Kier molecular flexibility index (Phi) is 7.67. The Hall–Kier alpha value is -4.45. The number of phenolic OH excluding ortho intramolecular Hbond substituents is 1. The fourth-order valence-corrected chi connectivity index (χ4v) is 6.52. The summed E-state index contributed by atoms with van der Waals surface area (Å²) in [5, 5.41) is 12.4. The van der Waals surface area contributed by atoms with Crippen molar-refractivity contribution in [3.05, 3.63) is 82.8 Å². The fourth-order valence-electron chi connectivity index (χ4n) is 5.64. The van der Waals surface area contributed by atoms with Crippen LogP contribution in [0.15, 0.2) is 63.9 Å². The van der Waals surface area contributed by atoms with Crippen molar-refractivity contribution in [2.75, 3.05) is 19.3 Å². The maximum Gasteiger partial charge on any atom is 0.287 e. The lowest BCUT2D eigenvalue weighted by atomic mass is 10.0. The number of fused-ring (bicyclic) bond motifs is 1. The van der Waals surface area contributed by atoms with E-state index >= 15 is 0 Å². The molecule has 0 bridgehead atoms. The van der Waals surface area contributed by atoms with Gasteiger partial charge in [0.15, 0.2) is 21.4 Å². The number of likely N-dealkylation sites (tertiary alicyclic amines) is 2. The number of sulfone groups is 1. The Bertz CT molecular complexity index is 1660. The Labute approximate surface area is 243 Å². The zero-order valence-corrected chi connectivity index (χ0v) is 24.2. The monoisotopic (exact) mass is 593 g/mol. The van der Waals surface area contributed by atoms with Crippen LogP contribution in [0, 0.1) is 13.8 Å². The second kappa shape index (κ2) is 11.1. The van der Waals surface area contributed by atoms with Gasteiger partial charge >= 0.3 is 0 Å². The van der Waals surface area contributed by atoms with E-state index in [1.807, 2.05) is 0 Å². The highest BCUT2D eigenvalue weighted by atomic mass is 32.2. The zero-order valence-electron chi connectivity index (χ0n) is 23.4. The molecule has 3 heterocycles. The first kappa shape index (κ1) is 29.1. The van der Waals surface area contributed by atoms with Crippen LogP contribution in [-0.4, -0.2) is 84.3 Å². The minimum absolute atomic E-state index is 0.0280. The number of Topliss-reactive ketones (excluding diaryl/α,β-unsaturated/α-hetero) is 1. The van der Waals surface area contributed by atoms with E-state index in [0.717, 1.165) is 11.8 Å². The van der Waals surface area contributed by atoms with Gasteiger partial charge in [0.2, 0.25) is 5.91 Å². The number of furan rings is 1. The third-order valence-electron chi connectivity index (χ3n) is 7.85. The summed E-state index contributed by atoms with van der Waals surface area (Å²) < 4.78 is 30.2. The van der Waals surface area contributed by atoms with Crippen molar-refractivity contribution in [1.82, 2.24) is 15.1 Å². The van der Waals surface area contributed by atoms with Crippen LogP contribution in [0.3, 0.4) is 0 Å². The number of aromatic hydroxyl groups is 1. The molecule has 2 aliphatic rings. The number of rotatable bonds is 7. The number of aryl methyl sites for hydroxylation is 2. The lowest BCUT2D eigenvalue weighted by Crippen LogP contribution is -2.53. The van der Waals surface area contributed by atoms with E-state index in [0.29, 0.717) is 17.7 Å². The molecule has 12 heteroatoms. The summed E-state index contributed by atoms with van der Waals surface area (Å²) in [6.45, 7) is 3.42. The van der Waals surface area contributed by atoms with E-state index in [4.69, 9.17) is 4.42 Å². The molecule has 11 nitrogen and oxygen atoms in total. The average Bonchev–Trinajstić information content (AvgIpc) is 3.63. The predicted octanol–water partition coefficient (Wildman–Crippen LogP) is 2.04. The van der Waals surface area contributed by atoms with Crippen molar-refractivity contribution in [3.8, 4) is 5.75 Å². The highest BCUT2D eigenvalue weighted by Gasteiger charge is 2.52. The summed E-state index contributed by atoms with van der Waals surface area (Å²) in [4.78, 5) is 56.5. The number of carbonyl (C=O) groups is 4. The molecule has 0 saturated carbocycles. The predicted molar refractivity (Wildman–Crippen MR) is 151 cm³/mol. The van der Waals surface area contributed by atoms with Crippen LogP contribution in [-0.2, 0) is 25.8 Å². The molecule has 5 rings (SSSR count). The van der Waals surface area contributed by atoms with Crippen LogP contribution in [0.25, 0.3) is 0 Å². The van der Waals surface area contributed by atoms with E-state index in [-0.39, 0.29) is 47.3 Å². The molecule has 2 fully saturated rings. The van der Waals surface area contributed by atoms with E-state index in [2.05, 4.69) is 5.32 Å². The molecule has 3 aromatic rings. The first-order chi connectivity index (χ1) is 19.8. The van der Waals surface area contributed by atoms with Gasteiger partial charge in [0.25, 0.3) is 11.8 Å². The number of benzene rings is 2. The SMILES string of the molecule is Cc1cc(C(=O)N[C@@H](Cc2ccc(O)cc2)C(=O)N2CC[C@@H]3[C@H]2C(=O)CN3C(=O)c2ccccc2S(C)(=O)=O)oc1C. The topological polar surface area (TPSA) is 154 Å². The Morgan fingerprint density at radius 2 is 1.76 bits per heavy atom. The van der Waals surface area contributed by atoms with Crippen LogP contribution >= 0.6 is 0 Å². The third kappa shape index (κ3) is 5.54. The molecule has 0 unspecified atom stereocenters. The van der Waals surface area contributed by atoms with Gasteiger partial charge in [0.1, 0.15) is 23.6 Å². The highest BCUT2D eigenvalue weighted by Crippen LogP contribution is 2.32. The standard InChI is InChI=1S/C30H31N3O8S/c1-17-14-25(41-18(17)2)28(36)31-22(15-19-8-10-20(34)11-9-19)30(38)32-13-12-23-27(32)24(35)16-33(23)29(37)21-6-4-5-7-26(21)42(3,39)40/h4-11,14,22-23,27,34H,12-13,15-16H2,1-3H3,(H,31,36)/t22-,23+,27-/m0/s1. The van der Waals surface area contributed by atoms with E-state index < -0.39 is 45.7 Å². The molecule has 1 aromatic heterocycles. The van der Waals surface area contributed by atoms with Crippen molar-refractivity contribution in [1.29, 1.82) is 0 Å². The van der Waals surface area contributed by atoms with Gasteiger partial charge in [-0.3, -0.25) is 19.2 Å². The van der Waals surface area contributed by atoms with Gasteiger partial charge in [-0.1, -0.05) is 24.3 Å². The number of phenols is 1. The third-order valence-corrected chi connectivity index (χ3v) is 9.01. The molecule has 3 amide bonds. The number of nitrogens with one attached hydrogen (secondary N) is 1. The molecule has 2 saturated heterocycles. The maximum atomic E-state index is 14.0. The fraction of sp³-hybridized carbons (Fsp3) is 0.333. The van der Waals surface area contributed by atoms with Gasteiger partial charge < -0.3 is 24.6 Å². The zero-order chi connectivity index (χ0) is 30.3. The number of nitrogens with zero attached hydrogens (tertiary/aromatic N) is 2. The van der Waals surface area contributed by atoms with Crippen LogP contribution in [0.1, 0.15) is 44.2 Å². The summed E-state index contributed by atoms with van der Waals surface area (Å²) in [6.07, 6.45) is 1.41.